The predicted octanol–water partition coefficient (Wildman–Crippen LogP) is 5.23. The van der Waals surface area contributed by atoms with E-state index in [0.717, 1.165) is 44.7 Å². The highest BCUT2D eigenvalue weighted by Gasteiger charge is 2.33. The average molecular weight is 347 g/mol. The zero-order valence-electron chi connectivity index (χ0n) is 16.4. The molecule has 1 aliphatic rings. The molecule has 0 saturated carbocycles. The molecule has 0 N–H and O–H groups in total. The summed E-state index contributed by atoms with van der Waals surface area (Å²) in [6.07, 6.45) is 2.86. The van der Waals surface area contributed by atoms with Crippen molar-refractivity contribution < 1.29 is 14.3 Å². The minimum absolute atomic E-state index is 0.187. The summed E-state index contributed by atoms with van der Waals surface area (Å²) in [6, 6.07) is 8.50. The fourth-order valence-corrected chi connectivity index (χ4v) is 3.41. The van der Waals surface area contributed by atoms with Crippen LogP contribution in [0.1, 0.15) is 65.4 Å². The van der Waals surface area contributed by atoms with Gasteiger partial charge in [-0.25, -0.2) is 4.79 Å². The van der Waals surface area contributed by atoms with Gasteiger partial charge in [0.15, 0.2) is 0 Å². The van der Waals surface area contributed by atoms with E-state index in [1.54, 1.807) is 0 Å². The lowest BCUT2D eigenvalue weighted by Crippen LogP contribution is -2.45. The molecule has 4 heteroatoms. The van der Waals surface area contributed by atoms with Gasteiger partial charge in [0.05, 0.1) is 6.61 Å². The number of likely N-dealkylation sites (tertiary alicyclic amines) is 1. The zero-order chi connectivity index (χ0) is 18.4. The molecule has 0 aromatic heterocycles. The van der Waals surface area contributed by atoms with Crippen molar-refractivity contribution in [3.05, 3.63) is 29.8 Å². The smallest absolute Gasteiger partial charge is 0.410 e. The van der Waals surface area contributed by atoms with Gasteiger partial charge in [0.1, 0.15) is 11.4 Å². The Kier molecular flexibility index (Phi) is 6.74. The number of hydrogen-bond acceptors (Lipinski definition) is 3. The molecule has 2 rings (SSSR count). The maximum Gasteiger partial charge on any atom is 0.410 e. The summed E-state index contributed by atoms with van der Waals surface area (Å²) in [5.74, 6) is 1.89. The Labute approximate surface area is 152 Å². The average Bonchev–Trinajstić information content (AvgIpc) is 2.58. The second-order valence-electron chi connectivity index (χ2n) is 7.91. The first-order valence-corrected chi connectivity index (χ1v) is 9.54. The quantitative estimate of drug-likeness (QED) is 0.732. The molecule has 0 spiro atoms. The van der Waals surface area contributed by atoms with Gasteiger partial charge in [0, 0.05) is 13.1 Å². The van der Waals surface area contributed by atoms with Gasteiger partial charge >= 0.3 is 6.09 Å². The van der Waals surface area contributed by atoms with Gasteiger partial charge in [-0.2, -0.15) is 0 Å². The van der Waals surface area contributed by atoms with Crippen LogP contribution in [0.3, 0.4) is 0 Å². The first-order chi connectivity index (χ1) is 11.8. The van der Waals surface area contributed by atoms with Crippen molar-refractivity contribution in [1.29, 1.82) is 0 Å². The highest BCUT2D eigenvalue weighted by molar-refractivity contribution is 5.68. The van der Waals surface area contributed by atoms with E-state index in [1.807, 2.05) is 25.7 Å². The Hall–Kier alpha value is -1.71. The molecule has 140 valence electrons. The zero-order valence-corrected chi connectivity index (χ0v) is 16.4. The summed E-state index contributed by atoms with van der Waals surface area (Å²) in [7, 11) is 0. The van der Waals surface area contributed by atoms with E-state index in [9.17, 15) is 4.79 Å². The van der Waals surface area contributed by atoms with Crippen LogP contribution in [0.25, 0.3) is 0 Å². The third kappa shape index (κ3) is 5.65. The summed E-state index contributed by atoms with van der Waals surface area (Å²) in [4.78, 5) is 14.2. The molecule has 1 aromatic carbocycles. The van der Waals surface area contributed by atoms with Crippen molar-refractivity contribution in [2.45, 2.75) is 65.4 Å². The molecule has 1 aromatic rings. The molecule has 1 heterocycles. The lowest BCUT2D eigenvalue weighted by Gasteiger charge is -2.39. The summed E-state index contributed by atoms with van der Waals surface area (Å²) < 4.78 is 11.2. The molecule has 0 aliphatic carbocycles. The molecule has 4 nitrogen and oxygen atoms in total. The van der Waals surface area contributed by atoms with Crippen LogP contribution >= 0.6 is 0 Å². The second kappa shape index (κ2) is 8.59. The maximum absolute atomic E-state index is 12.4. The third-order valence-corrected chi connectivity index (χ3v) is 4.69. The highest BCUT2D eigenvalue weighted by Crippen LogP contribution is 2.36. The summed E-state index contributed by atoms with van der Waals surface area (Å²) >= 11 is 0. The van der Waals surface area contributed by atoms with Crippen LogP contribution in [0.2, 0.25) is 0 Å². The van der Waals surface area contributed by atoms with Gasteiger partial charge in [0.25, 0.3) is 0 Å². The van der Waals surface area contributed by atoms with Gasteiger partial charge in [-0.3, -0.25) is 0 Å². The Bertz CT molecular complexity index is 547. The molecule has 2 atom stereocenters. The van der Waals surface area contributed by atoms with Crippen molar-refractivity contribution in [2.24, 2.45) is 5.92 Å². The Morgan fingerprint density at radius 2 is 1.88 bits per heavy atom. The van der Waals surface area contributed by atoms with Crippen LogP contribution in [0.5, 0.6) is 5.75 Å². The number of carbonyl (C=O) groups excluding carboxylic acids is 1. The van der Waals surface area contributed by atoms with E-state index in [0.29, 0.717) is 11.8 Å². The molecule has 0 bridgehead atoms. The number of rotatable bonds is 5. The van der Waals surface area contributed by atoms with Gasteiger partial charge in [-0.05, 0) is 63.1 Å². The van der Waals surface area contributed by atoms with Crippen LogP contribution in [-0.4, -0.2) is 36.3 Å². The van der Waals surface area contributed by atoms with Crippen LogP contribution in [0.15, 0.2) is 24.3 Å². The lowest BCUT2D eigenvalue weighted by atomic mass is 9.79. The SMILES string of the molecule is CCCOc1ccc([C@H]2CCN(C(=O)OC(C)(C)C)C[C@@H]2CC)cc1. The molecule has 0 unspecified atom stereocenters. The lowest BCUT2D eigenvalue weighted by molar-refractivity contribution is 0.0142. The Morgan fingerprint density at radius 1 is 1.20 bits per heavy atom. The van der Waals surface area contributed by atoms with Gasteiger partial charge < -0.3 is 14.4 Å². The van der Waals surface area contributed by atoms with Gasteiger partial charge in [0.2, 0.25) is 0 Å². The molecular weight excluding hydrogens is 314 g/mol. The van der Waals surface area contributed by atoms with Crippen molar-refractivity contribution in [3.63, 3.8) is 0 Å². The Balaban J connectivity index is 2.00. The van der Waals surface area contributed by atoms with Crippen LogP contribution < -0.4 is 4.74 Å². The second-order valence-corrected chi connectivity index (χ2v) is 7.91. The van der Waals surface area contributed by atoms with Gasteiger partial charge in [-0.15, -0.1) is 0 Å². The minimum atomic E-state index is -0.441. The van der Waals surface area contributed by atoms with E-state index in [2.05, 4.69) is 38.1 Å². The largest absolute Gasteiger partial charge is 0.494 e. The van der Waals surface area contributed by atoms with E-state index in [4.69, 9.17) is 9.47 Å². The number of ether oxygens (including phenoxy) is 2. The van der Waals surface area contributed by atoms with E-state index < -0.39 is 5.60 Å². The predicted molar refractivity (Wildman–Crippen MR) is 101 cm³/mol. The topological polar surface area (TPSA) is 38.8 Å². The molecule has 1 fully saturated rings. The van der Waals surface area contributed by atoms with Crippen LogP contribution in [0, 0.1) is 5.92 Å². The van der Waals surface area contributed by atoms with E-state index >= 15 is 0 Å². The molecule has 1 amide bonds. The van der Waals surface area contributed by atoms with Gasteiger partial charge in [-0.1, -0.05) is 32.4 Å². The van der Waals surface area contributed by atoms with E-state index in [-0.39, 0.29) is 6.09 Å². The standard InChI is InChI=1S/C21H33NO3/c1-6-14-24-18-10-8-17(9-11-18)19-12-13-22(15-16(19)7-2)20(23)25-21(3,4)5/h8-11,16,19H,6-7,12-15H2,1-5H3/t16-,19-/m0/s1. The number of benzene rings is 1. The number of nitrogens with zero attached hydrogens (tertiary/aromatic N) is 1. The maximum atomic E-state index is 12.4. The van der Waals surface area contributed by atoms with E-state index in [1.165, 1.54) is 5.56 Å². The van der Waals surface area contributed by atoms with Crippen molar-refractivity contribution in [1.82, 2.24) is 4.90 Å². The van der Waals surface area contributed by atoms with Crippen molar-refractivity contribution >= 4 is 6.09 Å². The normalized spacial score (nSPS) is 21.1. The van der Waals surface area contributed by atoms with Crippen molar-refractivity contribution in [2.75, 3.05) is 19.7 Å². The molecular formula is C21H33NO3. The fourth-order valence-electron chi connectivity index (χ4n) is 3.41. The first kappa shape index (κ1) is 19.6. The number of amides is 1. The monoisotopic (exact) mass is 347 g/mol. The summed E-state index contributed by atoms with van der Waals surface area (Å²) in [5.41, 5.74) is 0.906. The number of carbonyl (C=O) groups is 1. The third-order valence-electron chi connectivity index (χ3n) is 4.69. The molecule has 25 heavy (non-hydrogen) atoms. The summed E-state index contributed by atoms with van der Waals surface area (Å²) in [6.45, 7) is 12.3. The van der Waals surface area contributed by atoms with Crippen molar-refractivity contribution in [3.8, 4) is 5.75 Å². The van der Waals surface area contributed by atoms with Crippen LogP contribution in [-0.2, 0) is 4.74 Å². The fraction of sp³-hybridized carbons (Fsp3) is 0.667. The number of piperidine rings is 1. The first-order valence-electron chi connectivity index (χ1n) is 9.54. The molecule has 0 radical (unpaired) electrons. The number of hydrogen-bond donors (Lipinski definition) is 0. The summed E-state index contributed by atoms with van der Waals surface area (Å²) in [5, 5.41) is 0. The molecule has 1 aliphatic heterocycles. The van der Waals surface area contributed by atoms with Crippen LogP contribution in [0.4, 0.5) is 4.79 Å². The highest BCUT2D eigenvalue weighted by atomic mass is 16.6. The minimum Gasteiger partial charge on any atom is -0.494 e. The molecule has 1 saturated heterocycles. The Morgan fingerprint density at radius 3 is 2.44 bits per heavy atom.